The molecule has 0 fully saturated rings. The molecular weight excluding hydrogens is 420 g/mol. The second-order valence-corrected chi connectivity index (χ2v) is 6.95. The smallest absolute Gasteiger partial charge is 0.343 e. The van der Waals surface area contributed by atoms with Crippen molar-refractivity contribution in [1.82, 2.24) is 9.97 Å². The summed E-state index contributed by atoms with van der Waals surface area (Å²) in [5, 5.41) is 4.62. The number of esters is 1. The molecule has 0 saturated carbocycles. The largest absolute Gasteiger partial charge is 0.493 e. The molecule has 0 unspecified atom stereocenters. The molecule has 0 radical (unpaired) electrons. The van der Waals surface area contributed by atoms with E-state index in [1.54, 1.807) is 42.5 Å². The Morgan fingerprint density at radius 3 is 2.68 bits per heavy atom. The van der Waals surface area contributed by atoms with Gasteiger partial charge in [-0.1, -0.05) is 24.9 Å². The van der Waals surface area contributed by atoms with Crippen molar-refractivity contribution in [1.29, 1.82) is 0 Å². The third-order valence-electron chi connectivity index (χ3n) is 4.16. The van der Waals surface area contributed by atoms with Gasteiger partial charge in [0.15, 0.2) is 11.5 Å². The van der Waals surface area contributed by atoms with Crippen LogP contribution in [0.3, 0.4) is 0 Å². The van der Waals surface area contributed by atoms with E-state index in [2.05, 4.69) is 20.5 Å². The zero-order chi connectivity index (χ0) is 22.2. The summed E-state index contributed by atoms with van der Waals surface area (Å²) in [5.41, 5.74) is 4.21. The maximum Gasteiger partial charge on any atom is 0.343 e. The van der Waals surface area contributed by atoms with Gasteiger partial charge in [0, 0.05) is 16.8 Å². The standard InChI is InChI=1S/C22H21ClN4O4/c1-3-4-17-12-20(28)26-22(25-17)27-24-13-14-5-10-18(19(11-14)30-2)31-21(29)15-6-8-16(23)9-7-15/h5-13H,3-4H2,1-2H3,(H2,25,26,27,28)/b24-13+. The molecule has 0 aliphatic rings. The van der Waals surface area contributed by atoms with Crippen molar-refractivity contribution in [3.8, 4) is 11.5 Å². The second kappa shape index (κ2) is 10.4. The summed E-state index contributed by atoms with van der Waals surface area (Å²) in [6, 6.07) is 12.8. The highest BCUT2D eigenvalue weighted by Crippen LogP contribution is 2.28. The fourth-order valence-corrected chi connectivity index (χ4v) is 2.83. The summed E-state index contributed by atoms with van der Waals surface area (Å²) < 4.78 is 10.7. The zero-order valence-corrected chi connectivity index (χ0v) is 17.8. The average molecular weight is 441 g/mol. The number of nitrogens with one attached hydrogen (secondary N) is 2. The summed E-state index contributed by atoms with van der Waals surface area (Å²) >= 11 is 5.84. The van der Waals surface area contributed by atoms with E-state index < -0.39 is 5.97 Å². The number of carbonyl (C=O) groups excluding carboxylic acids is 1. The first kappa shape index (κ1) is 22.0. The van der Waals surface area contributed by atoms with E-state index in [0.717, 1.165) is 6.42 Å². The Labute approximate surface area is 183 Å². The van der Waals surface area contributed by atoms with Crippen LogP contribution in [0.25, 0.3) is 0 Å². The monoisotopic (exact) mass is 440 g/mol. The molecule has 0 bridgehead atoms. The lowest BCUT2D eigenvalue weighted by molar-refractivity contribution is 0.0729. The molecule has 0 spiro atoms. The molecule has 2 aromatic carbocycles. The van der Waals surface area contributed by atoms with Gasteiger partial charge in [0.1, 0.15) is 0 Å². The van der Waals surface area contributed by atoms with Crippen molar-refractivity contribution in [2.45, 2.75) is 19.8 Å². The third-order valence-corrected chi connectivity index (χ3v) is 4.41. The Hall–Kier alpha value is -3.65. The first-order chi connectivity index (χ1) is 15.0. The molecule has 3 aromatic rings. The maximum atomic E-state index is 12.3. The highest BCUT2D eigenvalue weighted by Gasteiger charge is 2.13. The number of nitrogens with zero attached hydrogens (tertiary/aromatic N) is 2. The summed E-state index contributed by atoms with van der Waals surface area (Å²) in [7, 11) is 1.47. The van der Waals surface area contributed by atoms with Crippen molar-refractivity contribution in [2.75, 3.05) is 12.5 Å². The van der Waals surface area contributed by atoms with Crippen molar-refractivity contribution in [3.63, 3.8) is 0 Å². The number of H-pyrrole nitrogens is 1. The van der Waals surface area contributed by atoms with Gasteiger partial charge < -0.3 is 9.47 Å². The molecule has 160 valence electrons. The molecule has 0 aliphatic carbocycles. The number of rotatable bonds is 8. The molecule has 0 amide bonds. The number of anilines is 1. The van der Waals surface area contributed by atoms with Crippen molar-refractivity contribution >= 4 is 29.7 Å². The van der Waals surface area contributed by atoms with E-state index in [9.17, 15) is 9.59 Å². The Morgan fingerprint density at radius 2 is 1.97 bits per heavy atom. The molecule has 3 rings (SSSR count). The van der Waals surface area contributed by atoms with E-state index in [-0.39, 0.29) is 17.3 Å². The predicted octanol–water partition coefficient (Wildman–Crippen LogP) is 4.05. The van der Waals surface area contributed by atoms with Gasteiger partial charge in [-0.15, -0.1) is 0 Å². The lowest BCUT2D eigenvalue weighted by Gasteiger charge is -2.10. The Balaban J connectivity index is 1.70. The number of carbonyl (C=O) groups is 1. The second-order valence-electron chi connectivity index (χ2n) is 6.51. The minimum Gasteiger partial charge on any atom is -0.493 e. The van der Waals surface area contributed by atoms with Gasteiger partial charge in [0.25, 0.3) is 5.56 Å². The zero-order valence-electron chi connectivity index (χ0n) is 17.0. The van der Waals surface area contributed by atoms with Gasteiger partial charge >= 0.3 is 5.97 Å². The molecule has 31 heavy (non-hydrogen) atoms. The maximum absolute atomic E-state index is 12.3. The van der Waals surface area contributed by atoms with Crippen LogP contribution in [-0.2, 0) is 6.42 Å². The normalized spacial score (nSPS) is 10.8. The highest BCUT2D eigenvalue weighted by molar-refractivity contribution is 6.30. The molecule has 1 heterocycles. The summed E-state index contributed by atoms with van der Waals surface area (Å²) in [6.07, 6.45) is 3.11. The van der Waals surface area contributed by atoms with E-state index >= 15 is 0 Å². The van der Waals surface area contributed by atoms with Gasteiger partial charge in [0.05, 0.1) is 18.9 Å². The van der Waals surface area contributed by atoms with Gasteiger partial charge in [-0.2, -0.15) is 5.10 Å². The molecule has 1 aromatic heterocycles. The van der Waals surface area contributed by atoms with Crippen LogP contribution in [0.15, 0.2) is 58.4 Å². The SMILES string of the molecule is CCCc1cc(=O)[nH]c(N/N=C/c2ccc(OC(=O)c3ccc(Cl)cc3)c(OC)c2)n1. The van der Waals surface area contributed by atoms with Gasteiger partial charge in [0.2, 0.25) is 5.95 Å². The molecule has 9 heteroatoms. The molecular formula is C22H21ClN4O4. The first-order valence-corrected chi connectivity index (χ1v) is 9.91. The minimum atomic E-state index is -0.528. The van der Waals surface area contributed by atoms with Crippen molar-refractivity contribution < 1.29 is 14.3 Å². The lowest BCUT2D eigenvalue weighted by Crippen LogP contribution is -2.12. The number of aromatic nitrogens is 2. The number of aryl methyl sites for hydroxylation is 1. The highest BCUT2D eigenvalue weighted by atomic mass is 35.5. The van der Waals surface area contributed by atoms with Crippen LogP contribution in [0, 0.1) is 0 Å². The topological polar surface area (TPSA) is 106 Å². The van der Waals surface area contributed by atoms with Crippen LogP contribution in [0.5, 0.6) is 11.5 Å². The minimum absolute atomic E-state index is 0.246. The number of methoxy groups -OCH3 is 1. The number of hydrogen-bond donors (Lipinski definition) is 2. The van der Waals surface area contributed by atoms with Gasteiger partial charge in [-0.05, 0) is 54.4 Å². The van der Waals surface area contributed by atoms with E-state index in [4.69, 9.17) is 21.1 Å². The van der Waals surface area contributed by atoms with Crippen LogP contribution in [0.4, 0.5) is 5.95 Å². The average Bonchev–Trinajstić information content (AvgIpc) is 2.75. The number of aromatic amines is 1. The third kappa shape index (κ3) is 6.16. The molecule has 2 N–H and O–H groups in total. The van der Waals surface area contributed by atoms with Crippen molar-refractivity contribution in [2.24, 2.45) is 5.10 Å². The van der Waals surface area contributed by atoms with Crippen LogP contribution in [0.1, 0.15) is 35.0 Å². The van der Waals surface area contributed by atoms with Gasteiger partial charge in [-0.25, -0.2) is 15.2 Å². The lowest BCUT2D eigenvalue weighted by atomic mass is 10.2. The fraction of sp³-hybridized carbons (Fsp3) is 0.182. The first-order valence-electron chi connectivity index (χ1n) is 9.53. The number of halogens is 1. The van der Waals surface area contributed by atoms with Crippen molar-refractivity contribution in [3.05, 3.63) is 80.7 Å². The Morgan fingerprint density at radius 1 is 1.19 bits per heavy atom. The summed E-state index contributed by atoms with van der Waals surface area (Å²) in [5.74, 6) is 0.362. The molecule has 0 saturated heterocycles. The molecule has 0 atom stereocenters. The summed E-state index contributed by atoms with van der Waals surface area (Å²) in [4.78, 5) is 30.9. The summed E-state index contributed by atoms with van der Waals surface area (Å²) in [6.45, 7) is 2.01. The number of hydrogen-bond acceptors (Lipinski definition) is 7. The van der Waals surface area contributed by atoms with Crippen LogP contribution >= 0.6 is 11.6 Å². The van der Waals surface area contributed by atoms with Crippen LogP contribution in [0.2, 0.25) is 5.02 Å². The van der Waals surface area contributed by atoms with Gasteiger partial charge in [-0.3, -0.25) is 9.78 Å². The Kier molecular flexibility index (Phi) is 7.40. The van der Waals surface area contributed by atoms with Crippen LogP contribution in [-0.4, -0.2) is 29.3 Å². The van der Waals surface area contributed by atoms with Crippen LogP contribution < -0.4 is 20.5 Å². The van der Waals surface area contributed by atoms with E-state index in [0.29, 0.717) is 34.0 Å². The molecule has 8 nitrogen and oxygen atoms in total. The fourth-order valence-electron chi connectivity index (χ4n) is 2.71. The van der Waals surface area contributed by atoms with E-state index in [1.807, 2.05) is 6.92 Å². The predicted molar refractivity (Wildman–Crippen MR) is 119 cm³/mol. The quantitative estimate of drug-likeness (QED) is 0.237. The number of benzene rings is 2. The molecule has 0 aliphatic heterocycles. The number of hydrazone groups is 1. The Bertz CT molecular complexity index is 1140. The number of ether oxygens (including phenoxy) is 2. The van der Waals surface area contributed by atoms with E-state index in [1.165, 1.54) is 19.4 Å².